The van der Waals surface area contributed by atoms with E-state index in [4.69, 9.17) is 5.11 Å². The Morgan fingerprint density at radius 3 is 2.83 bits per heavy atom. The molecular formula is C12H12BrN3O2. The summed E-state index contributed by atoms with van der Waals surface area (Å²) in [5.41, 5.74) is 2.16. The Bertz CT molecular complexity index is 580. The Morgan fingerprint density at radius 2 is 2.28 bits per heavy atom. The number of aromatic carboxylic acids is 1. The highest BCUT2D eigenvalue weighted by atomic mass is 79.9. The normalized spacial score (nSPS) is 10.3. The van der Waals surface area contributed by atoms with Crippen LogP contribution in [0.5, 0.6) is 0 Å². The molecule has 6 heteroatoms. The minimum Gasteiger partial charge on any atom is -0.478 e. The van der Waals surface area contributed by atoms with E-state index in [-0.39, 0.29) is 5.56 Å². The maximum atomic E-state index is 10.9. The second-order valence-electron chi connectivity index (χ2n) is 3.80. The number of aromatic nitrogens is 2. The lowest BCUT2D eigenvalue weighted by Crippen LogP contribution is -2.06. The van der Waals surface area contributed by atoms with Gasteiger partial charge in [-0.2, -0.15) is 5.10 Å². The summed E-state index contributed by atoms with van der Waals surface area (Å²) in [5.74, 6) is -0.944. The molecule has 0 saturated heterocycles. The Hall–Kier alpha value is -1.82. The number of benzene rings is 1. The summed E-state index contributed by atoms with van der Waals surface area (Å²) in [6.45, 7) is 0.634. The van der Waals surface area contributed by atoms with Gasteiger partial charge >= 0.3 is 5.97 Å². The van der Waals surface area contributed by atoms with Gasteiger partial charge in [0.05, 0.1) is 17.8 Å². The van der Waals surface area contributed by atoms with E-state index in [1.165, 1.54) is 0 Å². The number of rotatable bonds is 4. The molecule has 2 aromatic rings. The van der Waals surface area contributed by atoms with Crippen molar-refractivity contribution in [2.75, 3.05) is 5.32 Å². The highest BCUT2D eigenvalue weighted by Gasteiger charge is 2.08. The van der Waals surface area contributed by atoms with Gasteiger partial charge in [-0.3, -0.25) is 4.68 Å². The zero-order chi connectivity index (χ0) is 13.1. The molecule has 2 N–H and O–H groups in total. The van der Waals surface area contributed by atoms with Crippen LogP contribution in [0.2, 0.25) is 0 Å². The van der Waals surface area contributed by atoms with Crippen molar-refractivity contribution in [3.8, 4) is 0 Å². The van der Waals surface area contributed by atoms with Gasteiger partial charge in [0.1, 0.15) is 0 Å². The first-order valence-corrected chi connectivity index (χ1v) is 6.11. The van der Waals surface area contributed by atoms with Crippen molar-refractivity contribution in [3.05, 3.63) is 46.2 Å². The average Bonchev–Trinajstić information content (AvgIpc) is 2.72. The van der Waals surface area contributed by atoms with Crippen molar-refractivity contribution in [2.45, 2.75) is 6.54 Å². The molecule has 1 aromatic carbocycles. The van der Waals surface area contributed by atoms with Crippen molar-refractivity contribution >= 4 is 27.6 Å². The highest BCUT2D eigenvalue weighted by Crippen LogP contribution is 2.22. The van der Waals surface area contributed by atoms with E-state index >= 15 is 0 Å². The average molecular weight is 310 g/mol. The van der Waals surface area contributed by atoms with E-state index in [0.29, 0.717) is 11.0 Å². The molecule has 18 heavy (non-hydrogen) atoms. The van der Waals surface area contributed by atoms with E-state index in [2.05, 4.69) is 26.3 Å². The van der Waals surface area contributed by atoms with E-state index in [0.717, 1.165) is 11.4 Å². The number of carboxylic acids is 1. The topological polar surface area (TPSA) is 67.2 Å². The first-order valence-electron chi connectivity index (χ1n) is 5.31. The van der Waals surface area contributed by atoms with Gasteiger partial charge in [-0.05, 0) is 40.2 Å². The number of nitrogens with one attached hydrogen (secondary N) is 1. The number of hydrogen-bond donors (Lipinski definition) is 2. The lowest BCUT2D eigenvalue weighted by atomic mass is 10.2. The van der Waals surface area contributed by atoms with Crippen molar-refractivity contribution in [1.29, 1.82) is 0 Å². The number of anilines is 1. The summed E-state index contributed by atoms with van der Waals surface area (Å²) in [6.07, 6.45) is 1.74. The molecule has 94 valence electrons. The van der Waals surface area contributed by atoms with Crippen molar-refractivity contribution in [1.82, 2.24) is 9.78 Å². The van der Waals surface area contributed by atoms with Gasteiger partial charge in [0.25, 0.3) is 0 Å². The van der Waals surface area contributed by atoms with Crippen LogP contribution in [0.1, 0.15) is 16.1 Å². The molecule has 0 aliphatic heterocycles. The van der Waals surface area contributed by atoms with Crippen LogP contribution in [-0.2, 0) is 13.6 Å². The maximum absolute atomic E-state index is 10.9. The molecule has 0 unspecified atom stereocenters. The summed E-state index contributed by atoms with van der Waals surface area (Å²) < 4.78 is 2.35. The lowest BCUT2D eigenvalue weighted by Gasteiger charge is -2.08. The summed E-state index contributed by atoms with van der Waals surface area (Å²) in [4.78, 5) is 10.9. The molecule has 5 nitrogen and oxygen atoms in total. The summed E-state index contributed by atoms with van der Waals surface area (Å²) in [5, 5.41) is 16.2. The fourth-order valence-corrected chi connectivity index (χ4v) is 2.11. The van der Waals surface area contributed by atoms with E-state index in [1.807, 2.05) is 13.1 Å². The SMILES string of the molecule is Cn1nccc1CNc1ccc(C(=O)O)c(Br)c1. The van der Waals surface area contributed by atoms with Gasteiger partial charge in [-0.25, -0.2) is 4.79 Å². The Labute approximate surface area is 113 Å². The van der Waals surface area contributed by atoms with Gasteiger partial charge in [-0.15, -0.1) is 0 Å². The van der Waals surface area contributed by atoms with Crippen LogP contribution >= 0.6 is 15.9 Å². The quantitative estimate of drug-likeness (QED) is 0.910. The minimum absolute atomic E-state index is 0.251. The fraction of sp³-hybridized carbons (Fsp3) is 0.167. The van der Waals surface area contributed by atoms with Crippen molar-refractivity contribution < 1.29 is 9.90 Å². The molecule has 0 spiro atoms. The molecule has 0 fully saturated rings. The molecule has 1 aromatic heterocycles. The first-order chi connectivity index (χ1) is 8.58. The Balaban J connectivity index is 2.09. The van der Waals surface area contributed by atoms with E-state index in [1.54, 1.807) is 29.1 Å². The number of carbonyl (C=O) groups is 1. The zero-order valence-corrected chi connectivity index (χ0v) is 11.3. The molecule has 0 amide bonds. The smallest absolute Gasteiger partial charge is 0.336 e. The van der Waals surface area contributed by atoms with E-state index in [9.17, 15) is 4.79 Å². The molecular weight excluding hydrogens is 298 g/mol. The molecule has 1 heterocycles. The molecule has 0 bridgehead atoms. The first kappa shape index (κ1) is 12.6. The number of hydrogen-bond acceptors (Lipinski definition) is 3. The monoisotopic (exact) mass is 309 g/mol. The molecule has 0 radical (unpaired) electrons. The Morgan fingerprint density at radius 1 is 1.50 bits per heavy atom. The van der Waals surface area contributed by atoms with Gasteiger partial charge in [0.15, 0.2) is 0 Å². The second kappa shape index (κ2) is 5.22. The molecule has 2 rings (SSSR count). The molecule has 0 saturated carbocycles. The highest BCUT2D eigenvalue weighted by molar-refractivity contribution is 9.10. The zero-order valence-electron chi connectivity index (χ0n) is 9.72. The number of carboxylic acid groups (broad SMARTS) is 1. The van der Waals surface area contributed by atoms with Crippen LogP contribution in [0.15, 0.2) is 34.9 Å². The largest absolute Gasteiger partial charge is 0.478 e. The van der Waals surface area contributed by atoms with Crippen LogP contribution in [0, 0.1) is 0 Å². The summed E-state index contributed by atoms with van der Waals surface area (Å²) in [6, 6.07) is 6.98. The van der Waals surface area contributed by atoms with Gasteiger partial charge < -0.3 is 10.4 Å². The third-order valence-corrected chi connectivity index (χ3v) is 3.25. The van der Waals surface area contributed by atoms with Crippen LogP contribution < -0.4 is 5.32 Å². The summed E-state index contributed by atoms with van der Waals surface area (Å²) >= 11 is 3.24. The van der Waals surface area contributed by atoms with Crippen LogP contribution in [0.25, 0.3) is 0 Å². The molecule has 0 aliphatic carbocycles. The maximum Gasteiger partial charge on any atom is 0.336 e. The van der Waals surface area contributed by atoms with Crippen molar-refractivity contribution in [3.63, 3.8) is 0 Å². The van der Waals surface area contributed by atoms with Crippen LogP contribution in [0.3, 0.4) is 0 Å². The number of halogens is 1. The second-order valence-corrected chi connectivity index (χ2v) is 4.65. The number of nitrogens with zero attached hydrogens (tertiary/aromatic N) is 2. The third kappa shape index (κ3) is 2.70. The lowest BCUT2D eigenvalue weighted by molar-refractivity contribution is 0.0696. The summed E-state index contributed by atoms with van der Waals surface area (Å²) in [7, 11) is 1.88. The molecule has 0 aliphatic rings. The Kier molecular flexibility index (Phi) is 3.66. The number of aryl methyl sites for hydroxylation is 1. The van der Waals surface area contributed by atoms with Crippen LogP contribution in [0.4, 0.5) is 5.69 Å². The standard InChI is InChI=1S/C12H12BrN3O2/c1-16-9(4-5-15-16)7-14-8-2-3-10(12(17)18)11(13)6-8/h2-6,14H,7H2,1H3,(H,17,18). The van der Waals surface area contributed by atoms with Gasteiger partial charge in [-0.1, -0.05) is 0 Å². The van der Waals surface area contributed by atoms with E-state index < -0.39 is 5.97 Å². The van der Waals surface area contributed by atoms with Crippen LogP contribution in [-0.4, -0.2) is 20.9 Å². The molecule has 0 atom stereocenters. The fourth-order valence-electron chi connectivity index (χ4n) is 1.57. The minimum atomic E-state index is -0.944. The van der Waals surface area contributed by atoms with Gasteiger partial charge in [0, 0.05) is 23.4 Å². The predicted octanol–water partition coefficient (Wildman–Crippen LogP) is 2.49. The third-order valence-electron chi connectivity index (χ3n) is 2.60. The van der Waals surface area contributed by atoms with Crippen molar-refractivity contribution in [2.24, 2.45) is 7.05 Å². The van der Waals surface area contributed by atoms with Gasteiger partial charge in [0.2, 0.25) is 0 Å². The predicted molar refractivity (Wildman–Crippen MR) is 71.6 cm³/mol.